The zero-order chi connectivity index (χ0) is 18.8. The van der Waals surface area contributed by atoms with Gasteiger partial charge in [0.25, 0.3) is 5.69 Å². The molecule has 2 aromatic carbocycles. The number of hydrogen-bond donors (Lipinski definition) is 0. The highest BCUT2D eigenvalue weighted by Gasteiger charge is 2.21. The highest BCUT2D eigenvalue weighted by atomic mass is 16.6. The molecular weight excluding hydrogens is 328 g/mol. The van der Waals surface area contributed by atoms with Crippen molar-refractivity contribution in [1.82, 2.24) is 4.98 Å². The summed E-state index contributed by atoms with van der Waals surface area (Å²) in [6.45, 7) is 4.47. The minimum atomic E-state index is -0.432. The molecule has 0 amide bonds. The highest BCUT2D eigenvalue weighted by Crippen LogP contribution is 2.37. The van der Waals surface area contributed by atoms with Crippen LogP contribution in [0.25, 0.3) is 10.8 Å². The van der Waals surface area contributed by atoms with Crippen molar-refractivity contribution in [2.24, 2.45) is 0 Å². The largest absolute Gasteiger partial charge is 0.370 e. The molecule has 0 spiro atoms. The van der Waals surface area contributed by atoms with Crippen molar-refractivity contribution in [2.45, 2.75) is 20.4 Å². The maximum Gasteiger partial charge on any atom is 0.278 e. The molecule has 0 N–H and O–H groups in total. The maximum atomic E-state index is 11.5. The SMILES string of the molecule is Cc1cc(CN(C)c2ccc([N+](=O)[O-])c3c(C#N)ccc(C)c23)ccn1. The number of nitrogens with zero attached hydrogens (tertiary/aromatic N) is 4. The van der Waals surface area contributed by atoms with Crippen LogP contribution in [0.1, 0.15) is 22.4 Å². The molecule has 1 aromatic heterocycles. The van der Waals surface area contributed by atoms with Gasteiger partial charge < -0.3 is 4.90 Å². The number of rotatable bonds is 4. The molecule has 0 fully saturated rings. The molecule has 0 saturated carbocycles. The van der Waals surface area contributed by atoms with E-state index in [0.29, 0.717) is 17.5 Å². The van der Waals surface area contributed by atoms with E-state index >= 15 is 0 Å². The molecule has 0 unspecified atom stereocenters. The lowest BCUT2D eigenvalue weighted by Gasteiger charge is -2.22. The fourth-order valence-electron chi connectivity index (χ4n) is 3.25. The highest BCUT2D eigenvalue weighted by molar-refractivity contribution is 6.05. The molecule has 0 saturated heterocycles. The van der Waals surface area contributed by atoms with Crippen LogP contribution in [0.3, 0.4) is 0 Å². The zero-order valence-electron chi connectivity index (χ0n) is 14.9. The molecule has 130 valence electrons. The summed E-state index contributed by atoms with van der Waals surface area (Å²) >= 11 is 0. The third kappa shape index (κ3) is 3.07. The van der Waals surface area contributed by atoms with Crippen LogP contribution in [-0.2, 0) is 6.54 Å². The minimum Gasteiger partial charge on any atom is -0.370 e. The van der Waals surface area contributed by atoms with Gasteiger partial charge in [-0.15, -0.1) is 0 Å². The summed E-state index contributed by atoms with van der Waals surface area (Å²) in [7, 11) is 1.94. The number of non-ortho nitro benzene ring substituents is 1. The Morgan fingerprint density at radius 2 is 1.96 bits per heavy atom. The average Bonchev–Trinajstić information content (AvgIpc) is 2.61. The topological polar surface area (TPSA) is 83.1 Å². The lowest BCUT2D eigenvalue weighted by molar-refractivity contribution is -0.383. The summed E-state index contributed by atoms with van der Waals surface area (Å²) in [5.74, 6) is 0. The molecule has 26 heavy (non-hydrogen) atoms. The van der Waals surface area contributed by atoms with Crippen LogP contribution in [-0.4, -0.2) is 17.0 Å². The molecule has 6 heteroatoms. The van der Waals surface area contributed by atoms with Crippen molar-refractivity contribution >= 4 is 22.1 Å². The molecule has 0 bridgehead atoms. The van der Waals surface area contributed by atoms with Crippen LogP contribution in [0.4, 0.5) is 11.4 Å². The van der Waals surface area contributed by atoms with E-state index in [1.165, 1.54) is 6.07 Å². The van der Waals surface area contributed by atoms with Crippen molar-refractivity contribution in [1.29, 1.82) is 5.26 Å². The first-order valence-corrected chi connectivity index (χ1v) is 8.16. The Bertz CT molecular complexity index is 1050. The number of anilines is 1. The second-order valence-electron chi connectivity index (χ2n) is 6.31. The van der Waals surface area contributed by atoms with Gasteiger partial charge in [-0.25, -0.2) is 0 Å². The molecular formula is C20H18N4O2. The summed E-state index contributed by atoms with van der Waals surface area (Å²) < 4.78 is 0. The first kappa shape index (κ1) is 17.4. The van der Waals surface area contributed by atoms with Crippen LogP contribution in [0, 0.1) is 35.3 Å². The summed E-state index contributed by atoms with van der Waals surface area (Å²) in [5, 5.41) is 22.1. The van der Waals surface area contributed by atoms with E-state index in [9.17, 15) is 15.4 Å². The summed E-state index contributed by atoms with van der Waals surface area (Å²) in [6, 6.07) is 12.7. The van der Waals surface area contributed by atoms with Gasteiger partial charge in [-0.05, 0) is 49.2 Å². The average molecular weight is 346 g/mol. The zero-order valence-corrected chi connectivity index (χ0v) is 14.9. The fraction of sp³-hybridized carbons (Fsp3) is 0.200. The molecule has 0 aliphatic carbocycles. The van der Waals surface area contributed by atoms with E-state index in [2.05, 4.69) is 11.1 Å². The molecule has 0 aliphatic rings. The second-order valence-corrected chi connectivity index (χ2v) is 6.31. The van der Waals surface area contributed by atoms with E-state index in [1.807, 2.05) is 44.0 Å². The van der Waals surface area contributed by atoms with Gasteiger partial charge >= 0.3 is 0 Å². The Balaban J connectivity index is 2.19. The Hall–Kier alpha value is -3.46. The molecule has 0 aliphatic heterocycles. The van der Waals surface area contributed by atoms with Gasteiger partial charge in [0.2, 0.25) is 0 Å². The second kappa shape index (κ2) is 6.81. The monoisotopic (exact) mass is 346 g/mol. The van der Waals surface area contributed by atoms with E-state index < -0.39 is 4.92 Å². The lowest BCUT2D eigenvalue weighted by atomic mass is 9.97. The van der Waals surface area contributed by atoms with E-state index in [4.69, 9.17) is 0 Å². The third-order valence-electron chi connectivity index (χ3n) is 4.43. The summed E-state index contributed by atoms with van der Waals surface area (Å²) in [5.41, 5.74) is 4.06. The molecule has 0 radical (unpaired) electrons. The number of nitro groups is 1. The molecule has 3 rings (SSSR count). The van der Waals surface area contributed by atoms with Crippen LogP contribution in [0.5, 0.6) is 0 Å². The van der Waals surface area contributed by atoms with E-state index in [-0.39, 0.29) is 5.69 Å². The normalized spacial score (nSPS) is 10.5. The van der Waals surface area contributed by atoms with Crippen LogP contribution in [0.2, 0.25) is 0 Å². The van der Waals surface area contributed by atoms with Gasteiger partial charge in [-0.3, -0.25) is 15.1 Å². The lowest BCUT2D eigenvalue weighted by Crippen LogP contribution is -2.17. The van der Waals surface area contributed by atoms with Crippen LogP contribution < -0.4 is 4.90 Å². The smallest absolute Gasteiger partial charge is 0.278 e. The van der Waals surface area contributed by atoms with Gasteiger partial charge in [0.05, 0.1) is 15.9 Å². The van der Waals surface area contributed by atoms with Gasteiger partial charge in [0, 0.05) is 42.6 Å². The first-order chi connectivity index (χ1) is 12.4. The molecule has 6 nitrogen and oxygen atoms in total. The molecule has 1 heterocycles. The number of hydrogen-bond acceptors (Lipinski definition) is 5. The Morgan fingerprint density at radius 3 is 2.62 bits per heavy atom. The third-order valence-corrected chi connectivity index (χ3v) is 4.43. The number of nitriles is 1. The molecule has 3 aromatic rings. The Morgan fingerprint density at radius 1 is 1.19 bits per heavy atom. The van der Waals surface area contributed by atoms with Gasteiger partial charge in [0.15, 0.2) is 0 Å². The van der Waals surface area contributed by atoms with Crippen molar-refractivity contribution in [2.75, 3.05) is 11.9 Å². The number of benzene rings is 2. The molecule has 0 atom stereocenters. The number of fused-ring (bicyclic) bond motifs is 1. The van der Waals surface area contributed by atoms with Crippen molar-refractivity contribution in [3.05, 3.63) is 75.1 Å². The fourth-order valence-corrected chi connectivity index (χ4v) is 3.25. The van der Waals surface area contributed by atoms with Gasteiger partial charge in [-0.1, -0.05) is 6.07 Å². The maximum absolute atomic E-state index is 11.5. The van der Waals surface area contributed by atoms with Crippen LogP contribution in [0.15, 0.2) is 42.6 Å². The predicted molar refractivity (Wildman–Crippen MR) is 101 cm³/mol. The number of aromatic nitrogens is 1. The predicted octanol–water partition coefficient (Wildman–Crippen LogP) is 4.27. The number of pyridine rings is 1. The van der Waals surface area contributed by atoms with Gasteiger partial charge in [0.1, 0.15) is 6.07 Å². The van der Waals surface area contributed by atoms with E-state index in [1.54, 1.807) is 18.3 Å². The van der Waals surface area contributed by atoms with Crippen molar-refractivity contribution in [3.8, 4) is 6.07 Å². The van der Waals surface area contributed by atoms with Crippen molar-refractivity contribution < 1.29 is 4.92 Å². The quantitative estimate of drug-likeness (QED) is 0.520. The van der Waals surface area contributed by atoms with Crippen LogP contribution >= 0.6 is 0 Å². The standard InChI is InChI=1S/C20H18N4O2/c1-13-4-5-16(11-21)20-18(24(25)26)7-6-17(19(13)20)23(3)12-15-8-9-22-14(2)10-15/h4-10H,12H2,1-3H3. The Labute approximate surface area is 151 Å². The summed E-state index contributed by atoms with van der Waals surface area (Å²) in [6.07, 6.45) is 1.77. The summed E-state index contributed by atoms with van der Waals surface area (Å²) in [4.78, 5) is 17.3. The number of aryl methyl sites for hydroxylation is 2. The number of nitro benzene ring substituents is 1. The van der Waals surface area contributed by atoms with E-state index in [0.717, 1.165) is 27.9 Å². The Kier molecular flexibility index (Phi) is 4.55. The minimum absolute atomic E-state index is 0.0443. The first-order valence-electron chi connectivity index (χ1n) is 8.16. The van der Waals surface area contributed by atoms with Gasteiger partial charge in [-0.2, -0.15) is 5.26 Å². The van der Waals surface area contributed by atoms with Crippen molar-refractivity contribution in [3.63, 3.8) is 0 Å².